The molecule has 1 amide bonds. The number of carbonyl (C=O) groups is 1. The van der Waals surface area contributed by atoms with Crippen LogP contribution < -0.4 is 0 Å². The van der Waals surface area contributed by atoms with Crippen LogP contribution in [0.3, 0.4) is 0 Å². The van der Waals surface area contributed by atoms with Crippen molar-refractivity contribution in [2.45, 2.75) is 39.3 Å². The number of hydrogen-bond donors (Lipinski definition) is 0. The van der Waals surface area contributed by atoms with Gasteiger partial charge in [0.25, 0.3) is 0 Å². The Labute approximate surface area is 108 Å². The minimum absolute atomic E-state index is 0.145. The maximum Gasteiger partial charge on any atom is 0.223 e. The molecule has 0 bridgehead atoms. The number of alkyl halides is 1. The van der Waals surface area contributed by atoms with Gasteiger partial charge in [0.1, 0.15) is 0 Å². The minimum Gasteiger partial charge on any atom is -0.334 e. The van der Waals surface area contributed by atoms with E-state index in [0.29, 0.717) is 18.8 Å². The second kappa shape index (κ2) is 7.28. The summed E-state index contributed by atoms with van der Waals surface area (Å²) >= 11 is 5.61. The number of pyridine rings is 1. The molecule has 3 nitrogen and oxygen atoms in total. The van der Waals surface area contributed by atoms with Crippen molar-refractivity contribution in [3.63, 3.8) is 0 Å². The predicted octanol–water partition coefficient (Wildman–Crippen LogP) is 2.84. The molecule has 0 saturated carbocycles. The largest absolute Gasteiger partial charge is 0.334 e. The highest BCUT2D eigenvalue weighted by Crippen LogP contribution is 2.09. The highest BCUT2D eigenvalue weighted by atomic mass is 35.5. The van der Waals surface area contributed by atoms with Gasteiger partial charge >= 0.3 is 0 Å². The first-order valence-electron chi connectivity index (χ1n) is 5.90. The maximum atomic E-state index is 12.0. The van der Waals surface area contributed by atoms with Gasteiger partial charge in [0, 0.05) is 24.5 Å². The molecule has 0 saturated heterocycles. The van der Waals surface area contributed by atoms with E-state index in [4.69, 9.17) is 11.6 Å². The van der Waals surface area contributed by atoms with Gasteiger partial charge in [0.15, 0.2) is 0 Å². The van der Waals surface area contributed by atoms with E-state index in [1.807, 2.05) is 36.9 Å². The molecule has 17 heavy (non-hydrogen) atoms. The monoisotopic (exact) mass is 254 g/mol. The molecule has 0 aliphatic carbocycles. The zero-order chi connectivity index (χ0) is 12.7. The first-order chi connectivity index (χ1) is 8.15. The normalized spacial score (nSPS) is 10.6. The lowest BCUT2D eigenvalue weighted by Crippen LogP contribution is -2.36. The minimum atomic E-state index is 0.145. The molecule has 1 aromatic heterocycles. The third-order valence-corrected chi connectivity index (χ3v) is 2.79. The molecule has 0 unspecified atom stereocenters. The first kappa shape index (κ1) is 14.0. The Morgan fingerprint density at radius 1 is 1.47 bits per heavy atom. The topological polar surface area (TPSA) is 33.2 Å². The van der Waals surface area contributed by atoms with Crippen LogP contribution >= 0.6 is 11.6 Å². The number of amides is 1. The molecule has 0 aliphatic rings. The van der Waals surface area contributed by atoms with Crippen LogP contribution in [-0.4, -0.2) is 27.7 Å². The van der Waals surface area contributed by atoms with Gasteiger partial charge in [-0.2, -0.15) is 0 Å². The summed E-state index contributed by atoms with van der Waals surface area (Å²) in [6.07, 6.45) is 2.98. The van der Waals surface area contributed by atoms with Gasteiger partial charge in [-0.05, 0) is 32.4 Å². The first-order valence-corrected chi connectivity index (χ1v) is 6.44. The summed E-state index contributed by atoms with van der Waals surface area (Å²) < 4.78 is 0. The van der Waals surface area contributed by atoms with Gasteiger partial charge in [-0.1, -0.05) is 6.07 Å². The highest BCUT2D eigenvalue weighted by Gasteiger charge is 2.16. The molecule has 0 aliphatic heterocycles. The van der Waals surface area contributed by atoms with Crippen molar-refractivity contribution in [2.75, 3.05) is 5.88 Å². The fourth-order valence-corrected chi connectivity index (χ4v) is 1.72. The van der Waals surface area contributed by atoms with Crippen LogP contribution in [0.15, 0.2) is 24.4 Å². The fraction of sp³-hybridized carbons (Fsp3) is 0.538. The third kappa shape index (κ3) is 4.73. The van der Waals surface area contributed by atoms with E-state index in [1.165, 1.54) is 0 Å². The number of rotatable bonds is 6. The lowest BCUT2D eigenvalue weighted by atomic mass is 10.2. The van der Waals surface area contributed by atoms with E-state index >= 15 is 0 Å². The zero-order valence-corrected chi connectivity index (χ0v) is 11.2. The van der Waals surface area contributed by atoms with E-state index in [1.54, 1.807) is 6.20 Å². The molecule has 1 rings (SSSR count). The van der Waals surface area contributed by atoms with Crippen LogP contribution in [0.5, 0.6) is 0 Å². The van der Waals surface area contributed by atoms with Gasteiger partial charge in [-0.15, -0.1) is 11.6 Å². The quantitative estimate of drug-likeness (QED) is 0.732. The van der Waals surface area contributed by atoms with Gasteiger partial charge in [-0.3, -0.25) is 9.78 Å². The predicted molar refractivity (Wildman–Crippen MR) is 69.9 cm³/mol. The molecule has 0 N–H and O–H groups in total. The maximum absolute atomic E-state index is 12.0. The number of aromatic nitrogens is 1. The summed E-state index contributed by atoms with van der Waals surface area (Å²) in [5.41, 5.74) is 0.917. The Hall–Kier alpha value is -1.09. The van der Waals surface area contributed by atoms with Crippen molar-refractivity contribution < 1.29 is 4.79 Å². The Bertz CT molecular complexity index is 341. The molecule has 0 radical (unpaired) electrons. The number of hydrogen-bond acceptors (Lipinski definition) is 2. The summed E-state index contributed by atoms with van der Waals surface area (Å²) in [7, 11) is 0. The van der Waals surface area contributed by atoms with Gasteiger partial charge < -0.3 is 4.90 Å². The molecule has 0 aromatic carbocycles. The highest BCUT2D eigenvalue weighted by molar-refractivity contribution is 6.17. The zero-order valence-electron chi connectivity index (χ0n) is 10.4. The van der Waals surface area contributed by atoms with E-state index in [-0.39, 0.29) is 11.9 Å². The molecular formula is C13H19ClN2O. The molecule has 0 spiro atoms. The summed E-state index contributed by atoms with van der Waals surface area (Å²) in [4.78, 5) is 18.1. The molecule has 4 heteroatoms. The lowest BCUT2D eigenvalue weighted by Gasteiger charge is -2.26. The Kier molecular flexibility index (Phi) is 5.98. The average molecular weight is 255 g/mol. The molecule has 0 fully saturated rings. The van der Waals surface area contributed by atoms with E-state index in [2.05, 4.69) is 4.98 Å². The van der Waals surface area contributed by atoms with Crippen molar-refractivity contribution in [1.29, 1.82) is 0 Å². The van der Waals surface area contributed by atoms with Crippen LogP contribution in [0.1, 0.15) is 32.4 Å². The summed E-state index contributed by atoms with van der Waals surface area (Å²) in [6, 6.07) is 5.92. The molecule has 1 aromatic rings. The Morgan fingerprint density at radius 3 is 2.76 bits per heavy atom. The van der Waals surface area contributed by atoms with Crippen LogP contribution in [0.25, 0.3) is 0 Å². The molecule has 0 atom stereocenters. The Morgan fingerprint density at radius 2 is 2.24 bits per heavy atom. The van der Waals surface area contributed by atoms with E-state index in [0.717, 1.165) is 12.1 Å². The summed E-state index contributed by atoms with van der Waals surface area (Å²) in [5, 5.41) is 0. The van der Waals surface area contributed by atoms with Crippen molar-refractivity contribution in [3.05, 3.63) is 30.1 Å². The van der Waals surface area contributed by atoms with Crippen LogP contribution in [0, 0.1) is 0 Å². The summed E-state index contributed by atoms with van der Waals surface area (Å²) in [5.74, 6) is 0.674. The summed E-state index contributed by atoms with van der Waals surface area (Å²) in [6.45, 7) is 4.60. The van der Waals surface area contributed by atoms with Gasteiger partial charge in [-0.25, -0.2) is 0 Å². The van der Waals surface area contributed by atoms with Crippen LogP contribution in [0.4, 0.5) is 0 Å². The van der Waals surface area contributed by atoms with Crippen molar-refractivity contribution >= 4 is 17.5 Å². The van der Waals surface area contributed by atoms with Crippen molar-refractivity contribution in [2.24, 2.45) is 0 Å². The second-order valence-corrected chi connectivity index (χ2v) is 4.61. The third-order valence-electron chi connectivity index (χ3n) is 2.53. The fourth-order valence-electron chi connectivity index (χ4n) is 1.59. The number of halogens is 1. The molecule has 1 heterocycles. The lowest BCUT2D eigenvalue weighted by molar-refractivity contribution is -0.133. The smallest absolute Gasteiger partial charge is 0.223 e. The standard InChI is InChI=1S/C13H19ClN2O/c1-11(2)16(13(17)7-5-8-14)10-12-6-3-4-9-15-12/h3-4,6,9,11H,5,7-8,10H2,1-2H3. The van der Waals surface area contributed by atoms with Gasteiger partial charge in [0.05, 0.1) is 12.2 Å². The Balaban J connectivity index is 2.63. The van der Waals surface area contributed by atoms with Gasteiger partial charge in [0.2, 0.25) is 5.91 Å². The van der Waals surface area contributed by atoms with Crippen LogP contribution in [0.2, 0.25) is 0 Å². The number of nitrogens with zero attached hydrogens (tertiary/aromatic N) is 2. The van der Waals surface area contributed by atoms with Crippen molar-refractivity contribution in [1.82, 2.24) is 9.88 Å². The van der Waals surface area contributed by atoms with E-state index < -0.39 is 0 Å². The van der Waals surface area contributed by atoms with Crippen molar-refractivity contribution in [3.8, 4) is 0 Å². The van der Waals surface area contributed by atoms with E-state index in [9.17, 15) is 4.79 Å². The second-order valence-electron chi connectivity index (χ2n) is 4.23. The van der Waals surface area contributed by atoms with Crippen LogP contribution in [-0.2, 0) is 11.3 Å². The average Bonchev–Trinajstić information content (AvgIpc) is 2.34. The molecule has 94 valence electrons. The SMILES string of the molecule is CC(C)N(Cc1ccccn1)C(=O)CCCCl. The molecular weight excluding hydrogens is 236 g/mol. The number of carbonyl (C=O) groups excluding carboxylic acids is 1.